The van der Waals surface area contributed by atoms with Gasteiger partial charge in [0.2, 0.25) is 5.91 Å². The van der Waals surface area contributed by atoms with Gasteiger partial charge in [-0.25, -0.2) is 0 Å². The highest BCUT2D eigenvalue weighted by molar-refractivity contribution is 5.83. The highest BCUT2D eigenvalue weighted by Gasteiger charge is 2.39. The van der Waals surface area contributed by atoms with Crippen LogP contribution in [0.3, 0.4) is 0 Å². The normalized spacial score (nSPS) is 21.3. The summed E-state index contributed by atoms with van der Waals surface area (Å²) in [4.78, 5) is 12.0. The first-order valence-corrected chi connectivity index (χ1v) is 5.64. The van der Waals surface area contributed by atoms with Crippen LogP contribution < -0.4 is 11.1 Å². The maximum Gasteiger partial charge on any atom is 0.227 e. The molecule has 0 aromatic rings. The van der Waals surface area contributed by atoms with E-state index in [-0.39, 0.29) is 17.4 Å². The second-order valence-electron chi connectivity index (χ2n) is 4.52. The lowest BCUT2D eigenvalue weighted by Gasteiger charge is -2.27. The molecular formula is C11H22N2O2. The van der Waals surface area contributed by atoms with Crippen molar-refractivity contribution in [1.29, 1.82) is 0 Å². The Bertz CT molecular complexity index is 213. The van der Waals surface area contributed by atoms with E-state index in [0.717, 1.165) is 25.7 Å². The summed E-state index contributed by atoms with van der Waals surface area (Å²) in [5.41, 5.74) is 5.42. The summed E-state index contributed by atoms with van der Waals surface area (Å²) in [7, 11) is 1.64. The third kappa shape index (κ3) is 2.92. The summed E-state index contributed by atoms with van der Waals surface area (Å²) in [5, 5.41) is 2.97. The lowest BCUT2D eigenvalue weighted by molar-refractivity contribution is -0.131. The quantitative estimate of drug-likeness (QED) is 0.706. The van der Waals surface area contributed by atoms with E-state index in [1.807, 2.05) is 6.92 Å². The molecule has 4 heteroatoms. The fourth-order valence-electron chi connectivity index (χ4n) is 2.24. The maximum absolute atomic E-state index is 12.0. The first-order chi connectivity index (χ1) is 7.14. The number of methoxy groups -OCH3 is 1. The van der Waals surface area contributed by atoms with Gasteiger partial charge in [-0.05, 0) is 19.8 Å². The van der Waals surface area contributed by atoms with E-state index in [2.05, 4.69) is 5.32 Å². The Morgan fingerprint density at radius 3 is 2.60 bits per heavy atom. The van der Waals surface area contributed by atoms with E-state index in [1.165, 1.54) is 0 Å². The molecule has 0 aliphatic heterocycles. The Balaban J connectivity index is 2.50. The zero-order chi connectivity index (χ0) is 11.3. The molecule has 1 fully saturated rings. The van der Waals surface area contributed by atoms with Gasteiger partial charge in [0.15, 0.2) is 0 Å². The molecule has 4 nitrogen and oxygen atoms in total. The topological polar surface area (TPSA) is 64.3 Å². The molecule has 1 aliphatic rings. The summed E-state index contributed by atoms with van der Waals surface area (Å²) in [6.45, 7) is 2.95. The fourth-order valence-corrected chi connectivity index (χ4v) is 2.24. The zero-order valence-electron chi connectivity index (χ0n) is 9.71. The van der Waals surface area contributed by atoms with Crippen molar-refractivity contribution in [3.8, 4) is 0 Å². The standard InChI is InChI=1S/C11H22N2O2/c1-9(7-15-2)13-10(14)11(8-12)5-3-4-6-11/h9H,3-8,12H2,1-2H3,(H,13,14). The summed E-state index contributed by atoms with van der Waals surface area (Å²) in [5.74, 6) is 0.104. The smallest absolute Gasteiger partial charge is 0.227 e. The monoisotopic (exact) mass is 214 g/mol. The van der Waals surface area contributed by atoms with Crippen molar-refractivity contribution >= 4 is 5.91 Å². The number of nitrogens with two attached hydrogens (primary N) is 1. The van der Waals surface area contributed by atoms with Crippen LogP contribution in [0.5, 0.6) is 0 Å². The molecule has 88 valence electrons. The Morgan fingerprint density at radius 1 is 1.53 bits per heavy atom. The van der Waals surface area contributed by atoms with Gasteiger partial charge in [-0.1, -0.05) is 12.8 Å². The molecule has 1 saturated carbocycles. The van der Waals surface area contributed by atoms with Crippen LogP contribution in [0.25, 0.3) is 0 Å². The van der Waals surface area contributed by atoms with Gasteiger partial charge in [-0.15, -0.1) is 0 Å². The molecular weight excluding hydrogens is 192 g/mol. The van der Waals surface area contributed by atoms with Gasteiger partial charge in [-0.3, -0.25) is 4.79 Å². The molecule has 15 heavy (non-hydrogen) atoms. The SMILES string of the molecule is COCC(C)NC(=O)C1(CN)CCCC1. The van der Waals surface area contributed by atoms with Gasteiger partial charge in [-0.2, -0.15) is 0 Å². The number of carbonyl (C=O) groups is 1. The van der Waals surface area contributed by atoms with Crippen molar-refractivity contribution in [3.63, 3.8) is 0 Å². The largest absolute Gasteiger partial charge is 0.383 e. The molecule has 1 atom stereocenters. The van der Waals surface area contributed by atoms with E-state index in [1.54, 1.807) is 7.11 Å². The molecule has 0 aromatic heterocycles. The minimum absolute atomic E-state index is 0.0616. The summed E-state index contributed by atoms with van der Waals surface area (Å²) >= 11 is 0. The zero-order valence-corrected chi connectivity index (χ0v) is 9.71. The molecule has 1 aliphatic carbocycles. The van der Waals surface area contributed by atoms with Crippen molar-refractivity contribution in [2.45, 2.75) is 38.6 Å². The van der Waals surface area contributed by atoms with Crippen molar-refractivity contribution < 1.29 is 9.53 Å². The predicted octanol–water partition coefficient (Wildman–Crippen LogP) is 0.657. The average Bonchev–Trinajstić information content (AvgIpc) is 2.67. The molecule has 1 amide bonds. The first kappa shape index (κ1) is 12.5. The average molecular weight is 214 g/mol. The van der Waals surface area contributed by atoms with Crippen LogP contribution in [0, 0.1) is 5.41 Å². The van der Waals surface area contributed by atoms with Gasteiger partial charge in [0.1, 0.15) is 0 Å². The minimum Gasteiger partial charge on any atom is -0.383 e. The Labute approximate surface area is 91.5 Å². The van der Waals surface area contributed by atoms with E-state index < -0.39 is 0 Å². The highest BCUT2D eigenvalue weighted by Crippen LogP contribution is 2.37. The van der Waals surface area contributed by atoms with E-state index >= 15 is 0 Å². The third-order valence-corrected chi connectivity index (χ3v) is 3.23. The van der Waals surface area contributed by atoms with Crippen LogP contribution in [0.1, 0.15) is 32.6 Å². The summed E-state index contributed by atoms with van der Waals surface area (Å²) in [6.07, 6.45) is 4.08. The van der Waals surface area contributed by atoms with E-state index in [9.17, 15) is 4.79 Å². The minimum atomic E-state index is -0.304. The van der Waals surface area contributed by atoms with Crippen LogP contribution in [0.15, 0.2) is 0 Å². The summed E-state index contributed by atoms with van der Waals surface area (Å²) in [6, 6.07) is 0.0616. The molecule has 0 spiro atoms. The molecule has 1 rings (SSSR count). The fraction of sp³-hybridized carbons (Fsp3) is 0.909. The molecule has 3 N–H and O–H groups in total. The number of amides is 1. The number of hydrogen-bond acceptors (Lipinski definition) is 3. The number of nitrogens with one attached hydrogen (secondary N) is 1. The Morgan fingerprint density at radius 2 is 2.13 bits per heavy atom. The first-order valence-electron chi connectivity index (χ1n) is 5.64. The van der Waals surface area contributed by atoms with Gasteiger partial charge in [0.05, 0.1) is 12.0 Å². The van der Waals surface area contributed by atoms with Gasteiger partial charge in [0, 0.05) is 19.7 Å². The second-order valence-corrected chi connectivity index (χ2v) is 4.52. The predicted molar refractivity (Wildman–Crippen MR) is 59.4 cm³/mol. The lowest BCUT2D eigenvalue weighted by Crippen LogP contribution is -2.48. The van der Waals surface area contributed by atoms with Crippen molar-refractivity contribution in [1.82, 2.24) is 5.32 Å². The summed E-state index contributed by atoms with van der Waals surface area (Å²) < 4.78 is 4.99. The van der Waals surface area contributed by atoms with Gasteiger partial charge in [0.25, 0.3) is 0 Å². The van der Waals surface area contributed by atoms with E-state index in [4.69, 9.17) is 10.5 Å². The molecule has 0 bridgehead atoms. The molecule has 0 aromatic carbocycles. The van der Waals surface area contributed by atoms with Crippen molar-refractivity contribution in [2.24, 2.45) is 11.1 Å². The number of ether oxygens (including phenoxy) is 1. The molecule has 0 heterocycles. The van der Waals surface area contributed by atoms with E-state index in [0.29, 0.717) is 13.2 Å². The number of rotatable bonds is 5. The van der Waals surface area contributed by atoms with Gasteiger partial charge >= 0.3 is 0 Å². The molecule has 0 saturated heterocycles. The molecule has 0 radical (unpaired) electrons. The highest BCUT2D eigenvalue weighted by atomic mass is 16.5. The third-order valence-electron chi connectivity index (χ3n) is 3.23. The maximum atomic E-state index is 12.0. The van der Waals surface area contributed by atoms with Crippen LogP contribution in [-0.2, 0) is 9.53 Å². The van der Waals surface area contributed by atoms with Crippen LogP contribution in [-0.4, -0.2) is 32.2 Å². The van der Waals surface area contributed by atoms with Crippen LogP contribution in [0.2, 0.25) is 0 Å². The van der Waals surface area contributed by atoms with Crippen LogP contribution >= 0.6 is 0 Å². The van der Waals surface area contributed by atoms with Crippen LogP contribution in [0.4, 0.5) is 0 Å². The lowest BCUT2D eigenvalue weighted by atomic mass is 9.85. The Kier molecular flexibility index (Phi) is 4.54. The van der Waals surface area contributed by atoms with Gasteiger partial charge < -0.3 is 15.8 Å². The Hall–Kier alpha value is -0.610. The number of hydrogen-bond donors (Lipinski definition) is 2. The van der Waals surface area contributed by atoms with Crippen molar-refractivity contribution in [3.05, 3.63) is 0 Å². The second kappa shape index (κ2) is 5.47. The molecule has 1 unspecified atom stereocenters. The number of carbonyl (C=O) groups excluding carboxylic acids is 1. The van der Waals surface area contributed by atoms with Crippen molar-refractivity contribution in [2.75, 3.05) is 20.3 Å².